The molecule has 0 aliphatic heterocycles. The summed E-state index contributed by atoms with van der Waals surface area (Å²) in [6.45, 7) is 9.13. The Balaban J connectivity index is 1.33. The molecule has 0 aromatic heterocycles. The normalized spacial score (nSPS) is 33.2. The molecule has 1 aromatic rings. The summed E-state index contributed by atoms with van der Waals surface area (Å²) < 4.78 is 18.6. The van der Waals surface area contributed by atoms with E-state index in [-0.39, 0.29) is 12.4 Å². The molecule has 0 radical (unpaired) electrons. The highest BCUT2D eigenvalue weighted by Crippen LogP contribution is 2.59. The van der Waals surface area contributed by atoms with Crippen molar-refractivity contribution in [2.24, 2.45) is 23.7 Å². The van der Waals surface area contributed by atoms with Crippen LogP contribution in [0, 0.1) is 23.7 Å². The van der Waals surface area contributed by atoms with E-state index in [0.717, 1.165) is 35.8 Å². The number of rotatable bonds is 9. The third-order valence-electron chi connectivity index (χ3n) is 7.57. The summed E-state index contributed by atoms with van der Waals surface area (Å²) in [5, 5.41) is 0. The van der Waals surface area contributed by atoms with Gasteiger partial charge >= 0.3 is 0 Å². The number of hydrogen-bond donors (Lipinski definition) is 0. The number of ether oxygens (including phenoxy) is 3. The van der Waals surface area contributed by atoms with Crippen LogP contribution in [0.5, 0.6) is 5.75 Å². The number of benzene rings is 1. The lowest BCUT2D eigenvalue weighted by Crippen LogP contribution is -2.35. The number of fused-ring (bicyclic) bond motifs is 5. The van der Waals surface area contributed by atoms with Crippen molar-refractivity contribution in [1.82, 2.24) is 0 Å². The van der Waals surface area contributed by atoms with Gasteiger partial charge < -0.3 is 14.2 Å². The maximum absolute atomic E-state index is 6.41. The highest BCUT2D eigenvalue weighted by molar-refractivity contribution is 5.29. The van der Waals surface area contributed by atoms with E-state index in [1.807, 2.05) is 0 Å². The second kappa shape index (κ2) is 8.75. The summed E-state index contributed by atoms with van der Waals surface area (Å²) in [5.41, 5.74) is 1.36. The minimum atomic E-state index is -0.340. The molecule has 0 N–H and O–H groups in total. The van der Waals surface area contributed by atoms with E-state index in [9.17, 15) is 0 Å². The smallest absolute Gasteiger partial charge is 0.223 e. The van der Waals surface area contributed by atoms with Crippen molar-refractivity contribution in [2.75, 3.05) is 6.61 Å². The van der Waals surface area contributed by atoms with Gasteiger partial charge in [0.2, 0.25) is 6.29 Å². The first kappa shape index (κ1) is 20.2. The first-order chi connectivity index (χ1) is 13.5. The third kappa shape index (κ3) is 4.26. The van der Waals surface area contributed by atoms with Gasteiger partial charge in [-0.05, 0) is 93.2 Å². The Morgan fingerprint density at radius 2 is 1.71 bits per heavy atom. The van der Waals surface area contributed by atoms with Crippen LogP contribution in [0.25, 0.3) is 0 Å². The van der Waals surface area contributed by atoms with E-state index >= 15 is 0 Å². The van der Waals surface area contributed by atoms with Crippen LogP contribution < -0.4 is 4.74 Å². The summed E-state index contributed by atoms with van der Waals surface area (Å²) in [4.78, 5) is 0. The second-order valence-electron chi connectivity index (χ2n) is 9.64. The largest absolute Gasteiger partial charge is 0.462 e. The van der Waals surface area contributed by atoms with E-state index in [2.05, 4.69) is 52.0 Å². The minimum Gasteiger partial charge on any atom is -0.462 e. The summed E-state index contributed by atoms with van der Waals surface area (Å²) in [6, 6.07) is 8.48. The zero-order valence-electron chi connectivity index (χ0n) is 18.1. The van der Waals surface area contributed by atoms with Crippen molar-refractivity contribution in [2.45, 2.75) is 90.6 Å². The van der Waals surface area contributed by atoms with Crippen molar-refractivity contribution in [3.8, 4) is 5.75 Å². The molecule has 0 saturated heterocycles. The van der Waals surface area contributed by atoms with Crippen LogP contribution >= 0.6 is 0 Å². The fourth-order valence-corrected chi connectivity index (χ4v) is 6.07. The van der Waals surface area contributed by atoms with Gasteiger partial charge in [-0.1, -0.05) is 32.4 Å². The van der Waals surface area contributed by atoms with Crippen molar-refractivity contribution in [1.29, 1.82) is 0 Å². The first-order valence-corrected chi connectivity index (χ1v) is 11.6. The predicted molar refractivity (Wildman–Crippen MR) is 113 cm³/mol. The van der Waals surface area contributed by atoms with Gasteiger partial charge in [0.1, 0.15) is 12.4 Å². The third-order valence-corrected chi connectivity index (χ3v) is 7.57. The minimum absolute atomic E-state index is 0.118. The number of hydrogen-bond acceptors (Lipinski definition) is 3. The second-order valence-corrected chi connectivity index (χ2v) is 9.64. The Bertz CT molecular complexity index is 625. The standard InChI is InChI=1S/C25H38O3/c1-5-17(4)18-9-11-20(12-10-18)28-25(27-16(2)3)15-26-24-14-19-13-23(24)22-8-6-7-21(19)22/h9-12,16-17,19,21-25H,5-8,13-15H2,1-4H3. The van der Waals surface area contributed by atoms with E-state index < -0.39 is 0 Å². The van der Waals surface area contributed by atoms with Crippen LogP contribution in [-0.2, 0) is 9.47 Å². The molecule has 3 aliphatic carbocycles. The van der Waals surface area contributed by atoms with Crippen LogP contribution in [0.3, 0.4) is 0 Å². The molecule has 7 unspecified atom stereocenters. The van der Waals surface area contributed by atoms with Crippen LogP contribution in [-0.4, -0.2) is 25.1 Å². The lowest BCUT2D eigenvalue weighted by Gasteiger charge is -2.32. The molecule has 3 heteroatoms. The van der Waals surface area contributed by atoms with Gasteiger partial charge in [-0.3, -0.25) is 0 Å². The Morgan fingerprint density at radius 1 is 0.964 bits per heavy atom. The molecule has 3 saturated carbocycles. The van der Waals surface area contributed by atoms with Crippen molar-refractivity contribution < 1.29 is 14.2 Å². The molecular formula is C25H38O3. The van der Waals surface area contributed by atoms with Gasteiger partial charge in [-0.2, -0.15) is 0 Å². The summed E-state index contributed by atoms with van der Waals surface area (Å²) in [5.74, 6) is 5.09. The summed E-state index contributed by atoms with van der Waals surface area (Å²) in [6.07, 6.45) is 8.32. The molecule has 0 amide bonds. The summed E-state index contributed by atoms with van der Waals surface area (Å²) >= 11 is 0. The maximum Gasteiger partial charge on any atom is 0.223 e. The Labute approximate surface area is 171 Å². The Morgan fingerprint density at radius 3 is 2.43 bits per heavy atom. The molecule has 156 valence electrons. The van der Waals surface area contributed by atoms with Crippen LogP contribution in [0.15, 0.2) is 24.3 Å². The van der Waals surface area contributed by atoms with Gasteiger partial charge in [0.15, 0.2) is 0 Å². The zero-order valence-corrected chi connectivity index (χ0v) is 18.1. The molecule has 3 nitrogen and oxygen atoms in total. The van der Waals surface area contributed by atoms with Crippen molar-refractivity contribution in [3.63, 3.8) is 0 Å². The van der Waals surface area contributed by atoms with Gasteiger partial charge in [-0.25, -0.2) is 0 Å². The molecular weight excluding hydrogens is 348 g/mol. The average Bonchev–Trinajstić information content (AvgIpc) is 3.39. The molecule has 7 atom stereocenters. The zero-order chi connectivity index (χ0) is 19.7. The van der Waals surface area contributed by atoms with Gasteiger partial charge in [-0.15, -0.1) is 0 Å². The SMILES string of the molecule is CCC(C)c1ccc(OC(COC2CC3CC2C2CCCC32)OC(C)C)cc1. The molecule has 2 bridgehead atoms. The molecule has 0 spiro atoms. The molecule has 28 heavy (non-hydrogen) atoms. The van der Waals surface area contributed by atoms with Gasteiger partial charge in [0.05, 0.1) is 12.2 Å². The van der Waals surface area contributed by atoms with Crippen LogP contribution in [0.4, 0.5) is 0 Å². The summed E-state index contributed by atoms with van der Waals surface area (Å²) in [7, 11) is 0. The highest BCUT2D eigenvalue weighted by Gasteiger charge is 2.54. The first-order valence-electron chi connectivity index (χ1n) is 11.6. The van der Waals surface area contributed by atoms with Crippen molar-refractivity contribution >= 4 is 0 Å². The Hall–Kier alpha value is -1.06. The molecule has 4 rings (SSSR count). The van der Waals surface area contributed by atoms with Gasteiger partial charge in [0, 0.05) is 0 Å². The van der Waals surface area contributed by atoms with Crippen LogP contribution in [0.1, 0.15) is 77.7 Å². The fourth-order valence-electron chi connectivity index (χ4n) is 6.07. The fraction of sp³-hybridized carbons (Fsp3) is 0.760. The van der Waals surface area contributed by atoms with Crippen LogP contribution in [0.2, 0.25) is 0 Å². The van der Waals surface area contributed by atoms with E-state index in [0.29, 0.717) is 18.6 Å². The van der Waals surface area contributed by atoms with E-state index in [4.69, 9.17) is 14.2 Å². The highest BCUT2D eigenvalue weighted by atomic mass is 16.7. The maximum atomic E-state index is 6.41. The average molecular weight is 387 g/mol. The van der Waals surface area contributed by atoms with Gasteiger partial charge in [0.25, 0.3) is 0 Å². The molecule has 0 heterocycles. The Kier molecular flexibility index (Phi) is 6.32. The predicted octanol–water partition coefficient (Wildman–Crippen LogP) is 6.17. The quantitative estimate of drug-likeness (QED) is 0.475. The van der Waals surface area contributed by atoms with E-state index in [1.165, 1.54) is 37.7 Å². The molecule has 3 fully saturated rings. The van der Waals surface area contributed by atoms with E-state index in [1.54, 1.807) is 0 Å². The lowest BCUT2D eigenvalue weighted by molar-refractivity contribution is -0.160. The van der Waals surface area contributed by atoms with Crippen molar-refractivity contribution in [3.05, 3.63) is 29.8 Å². The topological polar surface area (TPSA) is 27.7 Å². The molecule has 1 aromatic carbocycles. The lowest BCUT2D eigenvalue weighted by atomic mass is 9.80. The monoisotopic (exact) mass is 386 g/mol. The molecule has 3 aliphatic rings.